The van der Waals surface area contributed by atoms with Gasteiger partial charge in [0.15, 0.2) is 0 Å². The maximum absolute atomic E-state index is 12.6. The van der Waals surface area contributed by atoms with Crippen LogP contribution in [0.1, 0.15) is 24.2 Å². The number of nitrogens with one attached hydrogen (secondary N) is 1. The van der Waals surface area contributed by atoms with Gasteiger partial charge in [0.1, 0.15) is 5.75 Å². The lowest BCUT2D eigenvalue weighted by Crippen LogP contribution is -2.30. The van der Waals surface area contributed by atoms with Crippen molar-refractivity contribution in [2.75, 3.05) is 18.4 Å². The molecule has 0 aliphatic heterocycles. The highest BCUT2D eigenvalue weighted by Gasteiger charge is 2.31. The fraction of sp³-hybridized carbons (Fsp3) is 0.278. The number of nitrogens with zero attached hydrogens (tertiary/aromatic N) is 1. The standard InChI is InChI=1S/C18H19F3N2O4S/c1-3-23(4-2)28(25,26)16-10-5-7-13(11-16)17(24)22-14-8-6-9-15(12-14)27-18(19,20)21/h5-12H,3-4H2,1-2H3,(H,22,24). The fourth-order valence-electron chi connectivity index (χ4n) is 2.48. The van der Waals surface area contributed by atoms with E-state index in [0.717, 1.165) is 12.1 Å². The van der Waals surface area contributed by atoms with Crippen LogP contribution in [0.25, 0.3) is 0 Å². The average Bonchev–Trinajstić information content (AvgIpc) is 2.61. The summed E-state index contributed by atoms with van der Waals surface area (Å²) >= 11 is 0. The molecule has 0 unspecified atom stereocenters. The highest BCUT2D eigenvalue weighted by Crippen LogP contribution is 2.25. The number of halogens is 3. The van der Waals surface area contributed by atoms with Gasteiger partial charge in [0.2, 0.25) is 10.0 Å². The number of alkyl halides is 3. The third-order valence-corrected chi connectivity index (χ3v) is 5.81. The highest BCUT2D eigenvalue weighted by atomic mass is 32.2. The first-order chi connectivity index (χ1) is 13.1. The molecule has 1 amide bonds. The lowest BCUT2D eigenvalue weighted by atomic mass is 10.2. The van der Waals surface area contributed by atoms with E-state index in [1.165, 1.54) is 40.7 Å². The predicted molar refractivity (Wildman–Crippen MR) is 97.6 cm³/mol. The van der Waals surface area contributed by atoms with Gasteiger partial charge in [-0.05, 0) is 30.3 Å². The zero-order valence-corrected chi connectivity index (χ0v) is 16.0. The number of benzene rings is 2. The van der Waals surface area contributed by atoms with Gasteiger partial charge in [0.25, 0.3) is 5.91 Å². The van der Waals surface area contributed by atoms with E-state index in [-0.39, 0.29) is 29.2 Å². The zero-order chi connectivity index (χ0) is 20.9. The van der Waals surface area contributed by atoms with Gasteiger partial charge in [-0.25, -0.2) is 8.42 Å². The summed E-state index contributed by atoms with van der Waals surface area (Å²) in [5, 5.41) is 2.43. The second kappa shape index (κ2) is 8.61. The molecule has 0 aliphatic carbocycles. The number of carbonyl (C=O) groups excluding carboxylic acids is 1. The van der Waals surface area contributed by atoms with Gasteiger partial charge in [0, 0.05) is 30.4 Å². The monoisotopic (exact) mass is 416 g/mol. The van der Waals surface area contributed by atoms with Crippen molar-refractivity contribution in [1.29, 1.82) is 0 Å². The van der Waals surface area contributed by atoms with Crippen LogP contribution in [0, 0.1) is 0 Å². The Hall–Kier alpha value is -2.59. The van der Waals surface area contributed by atoms with Crippen LogP contribution < -0.4 is 10.1 Å². The minimum absolute atomic E-state index is 0.0435. The first-order valence-electron chi connectivity index (χ1n) is 8.34. The van der Waals surface area contributed by atoms with Gasteiger partial charge in [-0.3, -0.25) is 4.79 Å². The third kappa shape index (κ3) is 5.46. The minimum atomic E-state index is -4.85. The molecule has 2 aromatic rings. The van der Waals surface area contributed by atoms with E-state index in [2.05, 4.69) is 10.1 Å². The minimum Gasteiger partial charge on any atom is -0.406 e. The highest BCUT2D eigenvalue weighted by molar-refractivity contribution is 7.89. The Bertz CT molecular complexity index is 942. The summed E-state index contributed by atoms with van der Waals surface area (Å²) in [5.41, 5.74) is 0.124. The summed E-state index contributed by atoms with van der Waals surface area (Å²) in [5.74, 6) is -1.15. The first-order valence-corrected chi connectivity index (χ1v) is 9.78. The largest absolute Gasteiger partial charge is 0.573 e. The van der Waals surface area contributed by atoms with E-state index in [1.807, 2.05) is 0 Å². The number of sulfonamides is 1. The van der Waals surface area contributed by atoms with Crippen molar-refractivity contribution in [3.8, 4) is 5.75 Å². The van der Waals surface area contributed by atoms with Gasteiger partial charge in [0.05, 0.1) is 4.90 Å². The molecular weight excluding hydrogens is 397 g/mol. The van der Waals surface area contributed by atoms with Gasteiger partial charge < -0.3 is 10.1 Å². The number of amides is 1. The van der Waals surface area contributed by atoms with Gasteiger partial charge in [-0.1, -0.05) is 26.0 Å². The molecular formula is C18H19F3N2O4S. The molecule has 6 nitrogen and oxygen atoms in total. The Labute approximate surface area is 161 Å². The molecule has 0 atom stereocenters. The number of anilines is 1. The quantitative estimate of drug-likeness (QED) is 0.744. The molecule has 0 bridgehead atoms. The summed E-state index contributed by atoms with van der Waals surface area (Å²) < 4.78 is 67.1. The van der Waals surface area contributed by atoms with Crippen molar-refractivity contribution < 1.29 is 31.1 Å². The van der Waals surface area contributed by atoms with Gasteiger partial charge in [-0.15, -0.1) is 13.2 Å². The zero-order valence-electron chi connectivity index (χ0n) is 15.2. The normalized spacial score (nSPS) is 12.1. The van der Waals surface area contributed by atoms with Gasteiger partial charge in [-0.2, -0.15) is 4.31 Å². The number of hydrogen-bond acceptors (Lipinski definition) is 4. The molecule has 10 heteroatoms. The summed E-state index contributed by atoms with van der Waals surface area (Å²) in [7, 11) is -3.75. The number of hydrogen-bond donors (Lipinski definition) is 1. The van der Waals surface area contributed by atoms with Crippen LogP contribution in [0.4, 0.5) is 18.9 Å². The molecule has 1 N–H and O–H groups in total. The topological polar surface area (TPSA) is 75.7 Å². The van der Waals surface area contributed by atoms with Crippen molar-refractivity contribution in [3.63, 3.8) is 0 Å². The molecule has 2 aromatic carbocycles. The van der Waals surface area contributed by atoms with E-state index in [0.29, 0.717) is 0 Å². The van der Waals surface area contributed by atoms with Crippen LogP contribution in [0.15, 0.2) is 53.4 Å². The van der Waals surface area contributed by atoms with E-state index >= 15 is 0 Å². The van der Waals surface area contributed by atoms with Crippen molar-refractivity contribution in [3.05, 3.63) is 54.1 Å². The average molecular weight is 416 g/mol. The Morgan fingerprint density at radius 1 is 1.07 bits per heavy atom. The van der Waals surface area contributed by atoms with E-state index in [9.17, 15) is 26.4 Å². The molecule has 0 aromatic heterocycles. The maximum Gasteiger partial charge on any atom is 0.573 e. The summed E-state index contributed by atoms with van der Waals surface area (Å²) in [6.45, 7) is 3.96. The smallest absolute Gasteiger partial charge is 0.406 e. The molecule has 0 heterocycles. The maximum atomic E-state index is 12.6. The molecule has 0 aliphatic rings. The summed E-state index contributed by atoms with van der Waals surface area (Å²) in [6.07, 6.45) is -4.85. The molecule has 0 spiro atoms. The van der Waals surface area contributed by atoms with Crippen LogP contribution >= 0.6 is 0 Å². The Balaban J connectivity index is 2.23. The van der Waals surface area contributed by atoms with Crippen LogP contribution in [0.2, 0.25) is 0 Å². The molecule has 0 radical (unpaired) electrons. The fourth-order valence-corrected chi connectivity index (χ4v) is 3.99. The number of rotatable bonds is 7. The van der Waals surface area contributed by atoms with Crippen LogP contribution in [0.5, 0.6) is 5.75 Å². The van der Waals surface area contributed by atoms with Crippen molar-refractivity contribution in [1.82, 2.24) is 4.31 Å². The second-order valence-electron chi connectivity index (χ2n) is 5.65. The molecule has 0 saturated heterocycles. The van der Waals surface area contributed by atoms with E-state index in [4.69, 9.17) is 0 Å². The Kier molecular flexibility index (Phi) is 6.68. The Morgan fingerprint density at radius 3 is 2.32 bits per heavy atom. The first kappa shape index (κ1) is 21.7. The summed E-state index contributed by atoms with van der Waals surface area (Å²) in [4.78, 5) is 12.4. The number of ether oxygens (including phenoxy) is 1. The van der Waals surface area contributed by atoms with E-state index < -0.39 is 28.0 Å². The van der Waals surface area contributed by atoms with E-state index in [1.54, 1.807) is 13.8 Å². The van der Waals surface area contributed by atoms with Gasteiger partial charge >= 0.3 is 6.36 Å². The van der Waals surface area contributed by atoms with Crippen LogP contribution in [-0.4, -0.2) is 38.1 Å². The SMILES string of the molecule is CCN(CC)S(=O)(=O)c1cccc(C(=O)Nc2cccc(OC(F)(F)F)c2)c1. The third-order valence-electron chi connectivity index (χ3n) is 3.76. The molecule has 0 fully saturated rings. The molecule has 28 heavy (non-hydrogen) atoms. The van der Waals surface area contributed by atoms with Crippen molar-refractivity contribution >= 4 is 21.6 Å². The second-order valence-corrected chi connectivity index (χ2v) is 7.58. The molecule has 0 saturated carbocycles. The summed E-state index contributed by atoms with van der Waals surface area (Å²) in [6, 6.07) is 10.2. The lowest BCUT2D eigenvalue weighted by molar-refractivity contribution is -0.274. The van der Waals surface area contributed by atoms with Crippen molar-refractivity contribution in [2.45, 2.75) is 25.1 Å². The van der Waals surface area contributed by atoms with Crippen LogP contribution in [-0.2, 0) is 10.0 Å². The predicted octanol–water partition coefficient (Wildman–Crippen LogP) is 3.87. The Morgan fingerprint density at radius 2 is 1.71 bits per heavy atom. The lowest BCUT2D eigenvalue weighted by Gasteiger charge is -2.18. The molecule has 152 valence electrons. The molecule has 2 rings (SSSR count). The van der Waals surface area contributed by atoms with Crippen LogP contribution in [0.3, 0.4) is 0 Å². The number of carbonyl (C=O) groups is 1. The van der Waals surface area contributed by atoms with Crippen molar-refractivity contribution in [2.24, 2.45) is 0 Å².